The predicted octanol–water partition coefficient (Wildman–Crippen LogP) is 3.18. The molecule has 1 heterocycles. The molecule has 1 aromatic heterocycles. The molecular weight excluding hydrogens is 274 g/mol. The van der Waals surface area contributed by atoms with Gasteiger partial charge in [0.2, 0.25) is 0 Å². The van der Waals surface area contributed by atoms with Crippen LogP contribution in [0.1, 0.15) is 17.2 Å². The summed E-state index contributed by atoms with van der Waals surface area (Å²) < 4.78 is 26.8. The minimum atomic E-state index is -0.937. The maximum absolute atomic E-state index is 13.6. The molecule has 0 radical (unpaired) electrons. The Hall–Kier alpha value is -2.40. The summed E-state index contributed by atoms with van der Waals surface area (Å²) in [5, 5.41) is 10.2. The van der Waals surface area contributed by atoms with Crippen LogP contribution in [0.3, 0.4) is 0 Å². The Morgan fingerprint density at radius 1 is 1.00 bits per heavy atom. The second-order valence-electron chi connectivity index (χ2n) is 4.74. The molecule has 1 atom stereocenters. The van der Waals surface area contributed by atoms with Crippen LogP contribution in [0.5, 0.6) is 0 Å². The van der Waals surface area contributed by atoms with Crippen LogP contribution >= 0.6 is 0 Å². The van der Waals surface area contributed by atoms with Crippen molar-refractivity contribution in [2.24, 2.45) is 0 Å². The maximum atomic E-state index is 13.6. The topological polar surface area (TPSA) is 46.0 Å². The van der Waals surface area contributed by atoms with Gasteiger partial charge in [-0.1, -0.05) is 18.2 Å². The van der Waals surface area contributed by atoms with E-state index in [1.54, 1.807) is 30.6 Å². The molecule has 1 unspecified atom stereocenters. The van der Waals surface area contributed by atoms with E-state index in [4.69, 9.17) is 0 Å². The van der Waals surface area contributed by atoms with Gasteiger partial charge in [-0.15, -0.1) is 0 Å². The molecule has 3 nitrogen and oxygen atoms in total. The molecule has 21 heavy (non-hydrogen) atoms. The summed E-state index contributed by atoms with van der Waals surface area (Å²) in [7, 11) is 0. The average Bonchev–Trinajstić information content (AvgIpc) is 2.51. The van der Waals surface area contributed by atoms with Gasteiger partial charge in [0, 0.05) is 18.8 Å². The van der Waals surface area contributed by atoms with Gasteiger partial charge >= 0.3 is 0 Å². The van der Waals surface area contributed by atoms with E-state index in [1.165, 1.54) is 12.1 Å². The molecular formula is C16H12F2N2O. The van der Waals surface area contributed by atoms with E-state index in [1.807, 2.05) is 0 Å². The summed E-state index contributed by atoms with van der Waals surface area (Å²) in [5.41, 5.74) is 2.09. The number of halogens is 2. The van der Waals surface area contributed by atoms with Gasteiger partial charge in [-0.05, 0) is 29.3 Å². The summed E-state index contributed by atoms with van der Waals surface area (Å²) >= 11 is 0. The fourth-order valence-corrected chi connectivity index (χ4v) is 2.22. The lowest BCUT2D eigenvalue weighted by atomic mass is 10.0. The molecule has 3 aromatic rings. The number of aliphatic hydroxyl groups is 1. The van der Waals surface area contributed by atoms with E-state index in [0.29, 0.717) is 16.6 Å². The SMILES string of the molecule is OC(Cc1cccc(F)c1F)c1ccc2nccnc2c1. The van der Waals surface area contributed by atoms with E-state index in [0.717, 1.165) is 6.07 Å². The average molecular weight is 286 g/mol. The van der Waals surface area contributed by atoms with Crippen molar-refractivity contribution >= 4 is 11.0 Å². The zero-order valence-electron chi connectivity index (χ0n) is 11.0. The molecule has 0 fully saturated rings. The summed E-state index contributed by atoms with van der Waals surface area (Å²) in [6, 6.07) is 9.08. The standard InChI is InChI=1S/C16H12F2N2O/c17-12-3-1-2-11(16(12)18)9-15(21)10-4-5-13-14(8-10)20-7-6-19-13/h1-8,15,21H,9H2. The van der Waals surface area contributed by atoms with E-state index in [2.05, 4.69) is 9.97 Å². The molecule has 106 valence electrons. The molecule has 0 spiro atoms. The van der Waals surface area contributed by atoms with Crippen LogP contribution in [0, 0.1) is 11.6 Å². The van der Waals surface area contributed by atoms with Crippen LogP contribution in [-0.2, 0) is 6.42 Å². The predicted molar refractivity (Wildman–Crippen MR) is 74.6 cm³/mol. The lowest BCUT2D eigenvalue weighted by Crippen LogP contribution is -2.05. The largest absolute Gasteiger partial charge is 0.388 e. The molecule has 1 N–H and O–H groups in total. The Labute approximate surface area is 119 Å². The first-order valence-electron chi connectivity index (χ1n) is 6.47. The number of hydrogen-bond donors (Lipinski definition) is 1. The van der Waals surface area contributed by atoms with Crippen LogP contribution in [0.15, 0.2) is 48.8 Å². The van der Waals surface area contributed by atoms with Gasteiger partial charge < -0.3 is 5.11 Å². The first-order chi connectivity index (χ1) is 10.1. The molecule has 0 aliphatic heterocycles. The summed E-state index contributed by atoms with van der Waals surface area (Å²) in [6.07, 6.45) is 2.20. The van der Waals surface area contributed by atoms with E-state index in [9.17, 15) is 13.9 Å². The molecule has 5 heteroatoms. The third-order valence-corrected chi connectivity index (χ3v) is 3.32. The molecule has 0 aliphatic rings. The first-order valence-corrected chi connectivity index (χ1v) is 6.47. The number of aliphatic hydroxyl groups excluding tert-OH is 1. The van der Waals surface area contributed by atoms with E-state index < -0.39 is 17.7 Å². The van der Waals surface area contributed by atoms with Gasteiger partial charge in [0.05, 0.1) is 17.1 Å². The van der Waals surface area contributed by atoms with Gasteiger partial charge in [0.15, 0.2) is 11.6 Å². The van der Waals surface area contributed by atoms with Gasteiger partial charge in [0.25, 0.3) is 0 Å². The van der Waals surface area contributed by atoms with E-state index >= 15 is 0 Å². The van der Waals surface area contributed by atoms with Crippen LogP contribution in [0.2, 0.25) is 0 Å². The molecule has 0 bridgehead atoms. The van der Waals surface area contributed by atoms with Crippen LogP contribution < -0.4 is 0 Å². The minimum Gasteiger partial charge on any atom is -0.388 e. The molecule has 2 aromatic carbocycles. The van der Waals surface area contributed by atoms with Gasteiger partial charge in [-0.2, -0.15) is 0 Å². The van der Waals surface area contributed by atoms with Gasteiger partial charge in [0.1, 0.15) is 0 Å². The number of aromatic nitrogens is 2. The number of hydrogen-bond acceptors (Lipinski definition) is 3. The fraction of sp³-hybridized carbons (Fsp3) is 0.125. The quantitative estimate of drug-likeness (QED) is 0.804. The normalized spacial score (nSPS) is 12.5. The molecule has 0 saturated carbocycles. The van der Waals surface area contributed by atoms with E-state index in [-0.39, 0.29) is 12.0 Å². The van der Waals surface area contributed by atoms with Crippen molar-refractivity contribution in [3.63, 3.8) is 0 Å². The lowest BCUT2D eigenvalue weighted by Gasteiger charge is -2.12. The zero-order chi connectivity index (χ0) is 14.8. The third kappa shape index (κ3) is 2.73. The van der Waals surface area contributed by atoms with Crippen molar-refractivity contribution in [1.82, 2.24) is 9.97 Å². The Morgan fingerprint density at radius 3 is 2.57 bits per heavy atom. The number of benzene rings is 2. The number of nitrogens with zero attached hydrogens (tertiary/aromatic N) is 2. The molecule has 0 aliphatic carbocycles. The third-order valence-electron chi connectivity index (χ3n) is 3.32. The highest BCUT2D eigenvalue weighted by Crippen LogP contribution is 2.23. The monoisotopic (exact) mass is 286 g/mol. The molecule has 0 amide bonds. The summed E-state index contributed by atoms with van der Waals surface area (Å²) in [4.78, 5) is 8.29. The summed E-state index contributed by atoms with van der Waals surface area (Å²) in [5.74, 6) is -1.83. The molecule has 0 saturated heterocycles. The highest BCUT2D eigenvalue weighted by atomic mass is 19.2. The Morgan fingerprint density at radius 2 is 1.76 bits per heavy atom. The van der Waals surface area contributed by atoms with Crippen molar-refractivity contribution < 1.29 is 13.9 Å². The smallest absolute Gasteiger partial charge is 0.162 e. The Kier molecular flexibility index (Phi) is 3.58. The van der Waals surface area contributed by atoms with Crippen LogP contribution in [0.4, 0.5) is 8.78 Å². The minimum absolute atomic E-state index is 0.00460. The lowest BCUT2D eigenvalue weighted by molar-refractivity contribution is 0.177. The second-order valence-corrected chi connectivity index (χ2v) is 4.74. The highest BCUT2D eigenvalue weighted by Gasteiger charge is 2.14. The highest BCUT2D eigenvalue weighted by molar-refractivity contribution is 5.74. The van der Waals surface area contributed by atoms with Crippen LogP contribution in [0.25, 0.3) is 11.0 Å². The first kappa shape index (κ1) is 13.6. The number of rotatable bonds is 3. The van der Waals surface area contributed by atoms with Crippen molar-refractivity contribution in [2.45, 2.75) is 12.5 Å². The van der Waals surface area contributed by atoms with Crippen molar-refractivity contribution in [3.8, 4) is 0 Å². The molecule has 3 rings (SSSR count). The fourth-order valence-electron chi connectivity index (χ4n) is 2.22. The zero-order valence-corrected chi connectivity index (χ0v) is 11.0. The van der Waals surface area contributed by atoms with Crippen molar-refractivity contribution in [1.29, 1.82) is 0 Å². The van der Waals surface area contributed by atoms with Gasteiger partial charge in [-0.25, -0.2) is 8.78 Å². The maximum Gasteiger partial charge on any atom is 0.162 e. The Bertz CT molecular complexity index is 792. The second kappa shape index (κ2) is 5.54. The van der Waals surface area contributed by atoms with Crippen LogP contribution in [-0.4, -0.2) is 15.1 Å². The number of fused-ring (bicyclic) bond motifs is 1. The Balaban J connectivity index is 1.89. The van der Waals surface area contributed by atoms with Crippen molar-refractivity contribution in [2.75, 3.05) is 0 Å². The summed E-state index contributed by atoms with van der Waals surface area (Å²) in [6.45, 7) is 0. The van der Waals surface area contributed by atoms with Crippen molar-refractivity contribution in [3.05, 3.63) is 71.6 Å². The van der Waals surface area contributed by atoms with Gasteiger partial charge in [-0.3, -0.25) is 9.97 Å².